The predicted octanol–water partition coefficient (Wildman–Crippen LogP) is 3.60. The lowest BCUT2D eigenvalue weighted by Crippen LogP contribution is -2.26. The lowest BCUT2D eigenvalue weighted by Gasteiger charge is -2.14. The highest BCUT2D eigenvalue weighted by Crippen LogP contribution is 2.18. The topological polar surface area (TPSA) is 29.1 Å². The van der Waals surface area contributed by atoms with Crippen molar-refractivity contribution in [3.8, 4) is 0 Å². The molecule has 4 heteroatoms. The molecular formula is C13H18ClNOS. The first-order valence-corrected chi connectivity index (χ1v) is 7.42. The second-order valence-electron chi connectivity index (χ2n) is 3.85. The first-order chi connectivity index (χ1) is 8.17. The maximum absolute atomic E-state index is 11.5. The van der Waals surface area contributed by atoms with Crippen LogP contribution in [0.2, 0.25) is 0 Å². The van der Waals surface area contributed by atoms with Crippen molar-refractivity contribution in [3.05, 3.63) is 29.8 Å². The Morgan fingerprint density at radius 1 is 1.41 bits per heavy atom. The number of halogens is 1. The van der Waals surface area contributed by atoms with Crippen LogP contribution >= 0.6 is 23.4 Å². The molecule has 1 amide bonds. The van der Waals surface area contributed by atoms with Gasteiger partial charge in [-0.15, -0.1) is 23.4 Å². The second-order valence-corrected chi connectivity index (χ2v) is 5.11. The van der Waals surface area contributed by atoms with Crippen molar-refractivity contribution in [3.63, 3.8) is 0 Å². The Morgan fingerprint density at radius 2 is 2.06 bits per heavy atom. The number of hydrogen-bond acceptors (Lipinski definition) is 2. The predicted molar refractivity (Wildman–Crippen MR) is 74.7 cm³/mol. The molecule has 2 nitrogen and oxygen atoms in total. The van der Waals surface area contributed by atoms with Crippen molar-refractivity contribution in [2.24, 2.45) is 0 Å². The van der Waals surface area contributed by atoms with Gasteiger partial charge in [0.15, 0.2) is 0 Å². The molecule has 1 aromatic rings. The van der Waals surface area contributed by atoms with E-state index in [2.05, 4.69) is 29.6 Å². The smallest absolute Gasteiger partial charge is 0.220 e. The molecule has 17 heavy (non-hydrogen) atoms. The van der Waals surface area contributed by atoms with E-state index in [1.165, 1.54) is 4.90 Å². The largest absolute Gasteiger partial charge is 0.350 e. The Balaban J connectivity index is 2.51. The number of carbonyl (C=O) groups excluding carboxylic acids is 1. The number of carbonyl (C=O) groups is 1. The van der Waals surface area contributed by atoms with Gasteiger partial charge in [0.05, 0.1) is 6.04 Å². The summed E-state index contributed by atoms with van der Waals surface area (Å²) in [6, 6.07) is 8.30. The molecule has 0 fully saturated rings. The Kier molecular flexibility index (Phi) is 6.45. The number of alkyl halides is 1. The van der Waals surface area contributed by atoms with Crippen LogP contribution in [-0.2, 0) is 4.79 Å². The average Bonchev–Trinajstić information content (AvgIpc) is 2.36. The van der Waals surface area contributed by atoms with Crippen LogP contribution in [0.25, 0.3) is 0 Å². The van der Waals surface area contributed by atoms with Crippen LogP contribution in [0.4, 0.5) is 0 Å². The minimum atomic E-state index is 0.0498. The van der Waals surface area contributed by atoms with Crippen LogP contribution in [0.5, 0.6) is 0 Å². The lowest BCUT2D eigenvalue weighted by atomic mass is 10.1. The molecule has 0 bridgehead atoms. The van der Waals surface area contributed by atoms with Gasteiger partial charge in [-0.25, -0.2) is 0 Å². The zero-order chi connectivity index (χ0) is 12.7. The summed E-state index contributed by atoms with van der Waals surface area (Å²) >= 11 is 7.26. The second kappa shape index (κ2) is 7.62. The summed E-state index contributed by atoms with van der Waals surface area (Å²) in [5, 5.41) is 2.96. The van der Waals surface area contributed by atoms with E-state index in [4.69, 9.17) is 11.6 Å². The highest BCUT2D eigenvalue weighted by atomic mass is 35.5. The normalized spacial score (nSPS) is 12.2. The minimum Gasteiger partial charge on any atom is -0.350 e. The van der Waals surface area contributed by atoms with Crippen LogP contribution in [0.15, 0.2) is 29.2 Å². The SMILES string of the molecule is CSc1ccc(C(C)NC(=O)CCCCl)cc1. The van der Waals surface area contributed by atoms with E-state index in [1.54, 1.807) is 11.8 Å². The molecule has 1 aromatic carbocycles. The molecule has 94 valence electrons. The van der Waals surface area contributed by atoms with Gasteiger partial charge in [-0.2, -0.15) is 0 Å². The molecule has 1 unspecified atom stereocenters. The van der Waals surface area contributed by atoms with Crippen LogP contribution in [0, 0.1) is 0 Å². The van der Waals surface area contributed by atoms with Gasteiger partial charge in [-0.05, 0) is 37.3 Å². The van der Waals surface area contributed by atoms with Crippen molar-refractivity contribution in [1.29, 1.82) is 0 Å². The van der Waals surface area contributed by atoms with Gasteiger partial charge in [-0.1, -0.05) is 12.1 Å². The number of amides is 1. The molecule has 0 aromatic heterocycles. The van der Waals surface area contributed by atoms with Gasteiger partial charge in [0, 0.05) is 17.2 Å². The van der Waals surface area contributed by atoms with Gasteiger partial charge >= 0.3 is 0 Å². The number of nitrogens with one attached hydrogen (secondary N) is 1. The molecule has 1 rings (SSSR count). The van der Waals surface area contributed by atoms with Crippen LogP contribution in [0.3, 0.4) is 0 Å². The van der Waals surface area contributed by atoms with E-state index >= 15 is 0 Å². The van der Waals surface area contributed by atoms with Gasteiger partial charge in [0.2, 0.25) is 5.91 Å². The Morgan fingerprint density at radius 3 is 2.59 bits per heavy atom. The fourth-order valence-corrected chi connectivity index (χ4v) is 2.06. The molecule has 0 aliphatic rings. The van der Waals surface area contributed by atoms with Gasteiger partial charge in [0.25, 0.3) is 0 Å². The maximum Gasteiger partial charge on any atom is 0.220 e. The molecule has 0 saturated heterocycles. The molecule has 0 saturated carbocycles. The van der Waals surface area contributed by atoms with Gasteiger partial charge in [0.1, 0.15) is 0 Å². The van der Waals surface area contributed by atoms with E-state index in [0.717, 1.165) is 12.0 Å². The van der Waals surface area contributed by atoms with Crippen molar-refractivity contribution < 1.29 is 4.79 Å². The Hall–Kier alpha value is -0.670. The molecular weight excluding hydrogens is 254 g/mol. The van der Waals surface area contributed by atoms with E-state index in [-0.39, 0.29) is 11.9 Å². The summed E-state index contributed by atoms with van der Waals surface area (Å²) in [5.74, 6) is 0.594. The molecule has 0 aliphatic carbocycles. The maximum atomic E-state index is 11.5. The van der Waals surface area contributed by atoms with Crippen molar-refractivity contribution in [1.82, 2.24) is 5.32 Å². The molecule has 1 atom stereocenters. The summed E-state index contributed by atoms with van der Waals surface area (Å²) in [6.07, 6.45) is 3.27. The first kappa shape index (κ1) is 14.4. The van der Waals surface area contributed by atoms with Crippen LogP contribution in [0.1, 0.15) is 31.4 Å². The first-order valence-electron chi connectivity index (χ1n) is 5.66. The fourth-order valence-electron chi connectivity index (χ4n) is 1.52. The monoisotopic (exact) mass is 271 g/mol. The summed E-state index contributed by atoms with van der Waals surface area (Å²) in [4.78, 5) is 12.8. The zero-order valence-corrected chi connectivity index (χ0v) is 11.8. The summed E-state index contributed by atoms with van der Waals surface area (Å²) in [5.41, 5.74) is 1.13. The summed E-state index contributed by atoms with van der Waals surface area (Å²) in [6.45, 7) is 1.99. The highest BCUT2D eigenvalue weighted by molar-refractivity contribution is 7.98. The highest BCUT2D eigenvalue weighted by Gasteiger charge is 2.08. The van der Waals surface area contributed by atoms with Crippen molar-refractivity contribution >= 4 is 29.3 Å². The van der Waals surface area contributed by atoms with Crippen molar-refractivity contribution in [2.45, 2.75) is 30.7 Å². The standard InChI is InChI=1S/C13H18ClNOS/c1-10(15-13(16)4-3-9-14)11-5-7-12(17-2)8-6-11/h5-8,10H,3-4,9H2,1-2H3,(H,15,16). The van der Waals surface area contributed by atoms with Crippen LogP contribution in [-0.4, -0.2) is 18.0 Å². The third-order valence-corrected chi connectivity index (χ3v) is 3.54. The average molecular weight is 272 g/mol. The lowest BCUT2D eigenvalue weighted by molar-refractivity contribution is -0.121. The van der Waals surface area contributed by atoms with E-state index < -0.39 is 0 Å². The molecule has 0 radical (unpaired) electrons. The van der Waals surface area contributed by atoms with Gasteiger partial charge < -0.3 is 5.32 Å². The fraction of sp³-hybridized carbons (Fsp3) is 0.462. The Labute approximate surface area is 112 Å². The summed E-state index contributed by atoms with van der Waals surface area (Å²) in [7, 11) is 0. The quantitative estimate of drug-likeness (QED) is 0.633. The van der Waals surface area contributed by atoms with E-state index in [1.807, 2.05) is 13.2 Å². The van der Waals surface area contributed by atoms with E-state index in [0.29, 0.717) is 12.3 Å². The molecule has 0 aliphatic heterocycles. The molecule has 0 spiro atoms. The zero-order valence-electron chi connectivity index (χ0n) is 10.2. The Bertz CT molecular complexity index is 353. The third kappa shape index (κ3) is 5.00. The van der Waals surface area contributed by atoms with E-state index in [9.17, 15) is 4.79 Å². The van der Waals surface area contributed by atoms with Crippen LogP contribution < -0.4 is 5.32 Å². The third-order valence-electron chi connectivity index (χ3n) is 2.53. The van der Waals surface area contributed by atoms with Gasteiger partial charge in [-0.3, -0.25) is 4.79 Å². The number of thioether (sulfide) groups is 1. The van der Waals surface area contributed by atoms with Crippen molar-refractivity contribution in [2.75, 3.05) is 12.1 Å². The number of rotatable bonds is 6. The minimum absolute atomic E-state index is 0.0498. The molecule has 1 N–H and O–H groups in total. The number of benzene rings is 1. The number of hydrogen-bond donors (Lipinski definition) is 1. The summed E-state index contributed by atoms with van der Waals surface area (Å²) < 4.78 is 0. The molecule has 0 heterocycles.